The lowest BCUT2D eigenvalue weighted by atomic mass is 9.80. The van der Waals surface area contributed by atoms with Crippen molar-refractivity contribution in [3.8, 4) is 16.9 Å². The van der Waals surface area contributed by atoms with Crippen molar-refractivity contribution >= 4 is 5.78 Å². The lowest BCUT2D eigenvalue weighted by Gasteiger charge is -2.30. The number of ketones is 1. The van der Waals surface area contributed by atoms with Crippen LogP contribution in [0.1, 0.15) is 79.5 Å². The fourth-order valence-electron chi connectivity index (χ4n) is 6.66. The molecule has 1 aromatic heterocycles. The maximum Gasteiger partial charge on any atom is 0.149 e. The number of hydrogen-bond donors (Lipinski definition) is 1. The van der Waals surface area contributed by atoms with Crippen LogP contribution >= 0.6 is 0 Å². The predicted octanol–water partition coefficient (Wildman–Crippen LogP) is 6.55. The van der Waals surface area contributed by atoms with Crippen LogP contribution in [0.4, 0.5) is 4.39 Å². The van der Waals surface area contributed by atoms with Crippen LogP contribution < -0.4 is 4.74 Å². The zero-order valence-corrected chi connectivity index (χ0v) is 23.7. The number of hydrogen-bond acceptors (Lipinski definition) is 5. The van der Waals surface area contributed by atoms with Gasteiger partial charge in [-0.15, -0.1) is 0 Å². The molecule has 1 unspecified atom stereocenters. The number of fused-ring (bicyclic) bond motifs is 1. The van der Waals surface area contributed by atoms with E-state index in [2.05, 4.69) is 47.1 Å². The van der Waals surface area contributed by atoms with E-state index >= 15 is 0 Å². The van der Waals surface area contributed by atoms with Crippen molar-refractivity contribution in [3.05, 3.63) is 82.4 Å². The number of nitrogens with zero attached hydrogens (tertiary/aromatic N) is 2. The predicted molar refractivity (Wildman–Crippen MR) is 154 cm³/mol. The minimum atomic E-state index is -0.332. The van der Waals surface area contributed by atoms with E-state index in [1.54, 1.807) is 13.0 Å². The average molecular weight is 543 g/mol. The highest BCUT2D eigenvalue weighted by atomic mass is 19.1. The summed E-state index contributed by atoms with van der Waals surface area (Å²) in [6.45, 7) is 7.72. The molecule has 2 aliphatic heterocycles. The lowest BCUT2D eigenvalue weighted by molar-refractivity contribution is -0.121. The summed E-state index contributed by atoms with van der Waals surface area (Å²) < 4.78 is 21.6. The molecule has 0 amide bonds. The molecule has 5 nitrogen and oxygen atoms in total. The van der Waals surface area contributed by atoms with Crippen molar-refractivity contribution < 1.29 is 19.0 Å². The van der Waals surface area contributed by atoms with E-state index in [1.165, 1.54) is 30.2 Å². The van der Waals surface area contributed by atoms with E-state index in [1.807, 2.05) is 13.0 Å². The molecule has 2 fully saturated rings. The SMILES string of the molecule is CC(=O)[C@@H](C)[C@H](c1ccc2c(c1)OC(c1ccc(-c3cc(C)ncc3F)c(CN3CC[C@H](O)C3)c1)CC2)C1CC1. The van der Waals surface area contributed by atoms with Crippen LogP contribution in [0, 0.1) is 24.6 Å². The summed E-state index contributed by atoms with van der Waals surface area (Å²) in [5, 5.41) is 10.1. The van der Waals surface area contributed by atoms with Crippen LogP contribution in [-0.4, -0.2) is 40.0 Å². The number of carbonyl (C=O) groups excluding carboxylic acids is 1. The molecule has 210 valence electrons. The summed E-state index contributed by atoms with van der Waals surface area (Å²) in [4.78, 5) is 18.6. The third-order valence-electron chi connectivity index (χ3n) is 9.16. The highest BCUT2D eigenvalue weighted by Crippen LogP contribution is 2.48. The maximum absolute atomic E-state index is 14.9. The van der Waals surface area contributed by atoms with Crippen LogP contribution in [0.25, 0.3) is 11.1 Å². The topological polar surface area (TPSA) is 62.7 Å². The van der Waals surface area contributed by atoms with Gasteiger partial charge in [0.05, 0.1) is 12.3 Å². The smallest absolute Gasteiger partial charge is 0.149 e. The number of aliphatic hydroxyl groups is 1. The van der Waals surface area contributed by atoms with E-state index in [0.29, 0.717) is 24.6 Å². The van der Waals surface area contributed by atoms with Crippen LogP contribution in [0.2, 0.25) is 0 Å². The molecule has 0 spiro atoms. The van der Waals surface area contributed by atoms with Crippen molar-refractivity contribution in [2.45, 2.75) is 77.5 Å². The van der Waals surface area contributed by atoms with Gasteiger partial charge in [-0.2, -0.15) is 0 Å². The van der Waals surface area contributed by atoms with Crippen molar-refractivity contribution in [2.24, 2.45) is 11.8 Å². The Bertz CT molecular complexity index is 1420. The summed E-state index contributed by atoms with van der Waals surface area (Å²) in [7, 11) is 0. The molecule has 3 aromatic rings. The fraction of sp³-hybridized carbons (Fsp3) is 0.471. The lowest BCUT2D eigenvalue weighted by Crippen LogP contribution is -2.22. The quantitative estimate of drug-likeness (QED) is 0.350. The number of aromatic nitrogens is 1. The number of aryl methyl sites for hydroxylation is 2. The normalized spacial score (nSPS) is 22.4. The molecule has 40 heavy (non-hydrogen) atoms. The van der Waals surface area contributed by atoms with Gasteiger partial charge in [-0.3, -0.25) is 14.7 Å². The third-order valence-corrected chi connectivity index (χ3v) is 9.16. The van der Waals surface area contributed by atoms with E-state index in [0.717, 1.165) is 53.9 Å². The van der Waals surface area contributed by atoms with Crippen LogP contribution in [0.15, 0.2) is 48.7 Å². The number of likely N-dealkylation sites (tertiary alicyclic amines) is 1. The monoisotopic (exact) mass is 542 g/mol. The van der Waals surface area contributed by atoms with Gasteiger partial charge in [-0.05, 0) is 97.7 Å². The van der Waals surface area contributed by atoms with Crippen molar-refractivity contribution in [1.29, 1.82) is 0 Å². The number of carbonyl (C=O) groups is 1. The number of halogens is 1. The first-order valence-corrected chi connectivity index (χ1v) is 14.7. The number of rotatable bonds is 8. The fourth-order valence-corrected chi connectivity index (χ4v) is 6.66. The first-order valence-electron chi connectivity index (χ1n) is 14.7. The van der Waals surface area contributed by atoms with Gasteiger partial charge in [-0.1, -0.05) is 37.3 Å². The Hall–Kier alpha value is -3.09. The Kier molecular flexibility index (Phi) is 7.49. The summed E-state index contributed by atoms with van der Waals surface area (Å²) in [6.07, 6.45) is 5.79. The van der Waals surface area contributed by atoms with Gasteiger partial charge in [0.2, 0.25) is 0 Å². The number of Topliss-reactive ketones (excluding diaryl/α,β-unsaturated/α-hetero) is 1. The van der Waals surface area contributed by atoms with E-state index in [-0.39, 0.29) is 35.6 Å². The number of pyridine rings is 1. The summed E-state index contributed by atoms with van der Waals surface area (Å²) >= 11 is 0. The standard InChI is InChI=1S/C34H39FN2O3/c1-20-14-30(31(35)17-36-20)29-10-8-25(15-27(29)18-37-13-12-28(39)19-37)32-11-9-23-4-7-26(16-33(23)40-32)34(24-5-6-24)21(2)22(3)38/h4,7-8,10,14-17,21,24,28,32,34,39H,5-6,9,11-13,18-19H2,1-3H3/t21-,28+,32?,34+/m1/s1. The zero-order chi connectivity index (χ0) is 28.0. The molecule has 1 saturated carbocycles. The molecular weight excluding hydrogens is 503 g/mol. The number of β-amino-alcohol motifs (C(OH)–C–C–N with tert-alkyl or cyclic N) is 1. The van der Waals surface area contributed by atoms with E-state index in [4.69, 9.17) is 4.74 Å². The molecule has 1 N–H and O–H groups in total. The molecule has 4 atom stereocenters. The number of aliphatic hydroxyl groups excluding tert-OH is 1. The Morgan fingerprint density at radius 2 is 1.95 bits per heavy atom. The summed E-state index contributed by atoms with van der Waals surface area (Å²) in [6, 6.07) is 14.6. The third kappa shape index (κ3) is 5.57. The number of ether oxygens (including phenoxy) is 1. The molecular formula is C34H39FN2O3. The van der Waals surface area contributed by atoms with E-state index < -0.39 is 0 Å². The van der Waals surface area contributed by atoms with Gasteiger partial charge in [0.15, 0.2) is 0 Å². The Morgan fingerprint density at radius 1 is 1.12 bits per heavy atom. The van der Waals surface area contributed by atoms with Crippen molar-refractivity contribution in [3.63, 3.8) is 0 Å². The summed E-state index contributed by atoms with van der Waals surface area (Å²) in [5.41, 5.74) is 6.71. The molecule has 2 aromatic carbocycles. The Balaban J connectivity index is 1.31. The molecule has 6 heteroatoms. The van der Waals surface area contributed by atoms with Crippen LogP contribution in [-0.2, 0) is 17.8 Å². The van der Waals surface area contributed by atoms with Gasteiger partial charge >= 0.3 is 0 Å². The van der Waals surface area contributed by atoms with Gasteiger partial charge in [0.1, 0.15) is 23.5 Å². The highest BCUT2D eigenvalue weighted by molar-refractivity contribution is 5.79. The van der Waals surface area contributed by atoms with Gasteiger partial charge < -0.3 is 9.84 Å². The minimum Gasteiger partial charge on any atom is -0.485 e. The highest BCUT2D eigenvalue weighted by Gasteiger charge is 2.38. The number of benzene rings is 2. The maximum atomic E-state index is 14.9. The molecule has 0 radical (unpaired) electrons. The van der Waals surface area contributed by atoms with Crippen molar-refractivity contribution in [1.82, 2.24) is 9.88 Å². The van der Waals surface area contributed by atoms with Gasteiger partial charge in [0, 0.05) is 36.8 Å². The minimum absolute atomic E-state index is 0.00126. The first-order chi connectivity index (χ1) is 19.3. The second-order valence-electron chi connectivity index (χ2n) is 12.2. The second-order valence-corrected chi connectivity index (χ2v) is 12.2. The Labute approximate surface area is 236 Å². The van der Waals surface area contributed by atoms with Crippen LogP contribution in [0.5, 0.6) is 5.75 Å². The average Bonchev–Trinajstić information content (AvgIpc) is 3.69. The molecule has 3 heterocycles. The van der Waals surface area contributed by atoms with Crippen LogP contribution in [0.3, 0.4) is 0 Å². The molecule has 0 bridgehead atoms. The van der Waals surface area contributed by atoms with Gasteiger partial charge in [-0.25, -0.2) is 4.39 Å². The summed E-state index contributed by atoms with van der Waals surface area (Å²) in [5.74, 6) is 1.65. The molecule has 1 saturated heterocycles. The first kappa shape index (κ1) is 27.1. The molecule has 6 rings (SSSR count). The largest absolute Gasteiger partial charge is 0.485 e. The van der Waals surface area contributed by atoms with Gasteiger partial charge in [0.25, 0.3) is 0 Å². The van der Waals surface area contributed by atoms with Crippen molar-refractivity contribution in [2.75, 3.05) is 13.1 Å². The molecule has 1 aliphatic carbocycles. The second kappa shape index (κ2) is 11.1. The Morgan fingerprint density at radius 3 is 2.67 bits per heavy atom. The molecule has 3 aliphatic rings. The van der Waals surface area contributed by atoms with E-state index in [9.17, 15) is 14.3 Å². The zero-order valence-electron chi connectivity index (χ0n) is 23.7.